The second-order valence-corrected chi connectivity index (χ2v) is 8.05. The number of alkyl halides is 3. The number of carbonyl (C=O) groups is 1. The number of benzene rings is 2. The van der Waals surface area contributed by atoms with E-state index in [-0.39, 0.29) is 18.1 Å². The Balaban J connectivity index is 1.73. The molecular formula is C18H12F4O6S. The topological polar surface area (TPSA) is 78.9 Å². The highest BCUT2D eigenvalue weighted by Crippen LogP contribution is 2.49. The van der Waals surface area contributed by atoms with Gasteiger partial charge in [0.15, 0.2) is 0 Å². The van der Waals surface area contributed by atoms with Crippen molar-refractivity contribution in [2.45, 2.75) is 23.8 Å². The number of hydrogen-bond acceptors (Lipinski definition) is 6. The van der Waals surface area contributed by atoms with Gasteiger partial charge in [-0.25, -0.2) is 4.39 Å². The van der Waals surface area contributed by atoms with Gasteiger partial charge < -0.3 is 13.7 Å². The summed E-state index contributed by atoms with van der Waals surface area (Å²) in [6.45, 7) is 0.0910. The first kappa shape index (κ1) is 19.5. The molecule has 2 aliphatic rings. The van der Waals surface area contributed by atoms with Crippen LogP contribution in [0.3, 0.4) is 0 Å². The van der Waals surface area contributed by atoms with Crippen LogP contribution < -0.4 is 13.7 Å². The zero-order valence-electron chi connectivity index (χ0n) is 14.4. The van der Waals surface area contributed by atoms with Crippen LogP contribution in [-0.2, 0) is 14.9 Å². The van der Waals surface area contributed by atoms with Gasteiger partial charge in [-0.2, -0.15) is 21.6 Å². The molecule has 2 aliphatic heterocycles. The second-order valence-electron chi connectivity index (χ2n) is 6.51. The number of halogens is 4. The lowest BCUT2D eigenvalue weighted by molar-refractivity contribution is -0.138. The minimum absolute atomic E-state index is 0.00915. The Kier molecular flexibility index (Phi) is 4.45. The number of hydrogen-bond donors (Lipinski definition) is 0. The van der Waals surface area contributed by atoms with Gasteiger partial charge in [0, 0.05) is 23.6 Å². The minimum atomic E-state index is -5.85. The van der Waals surface area contributed by atoms with Gasteiger partial charge in [0.1, 0.15) is 23.1 Å². The van der Waals surface area contributed by atoms with Crippen molar-refractivity contribution in [3.8, 4) is 17.2 Å². The molecule has 0 N–H and O–H groups in total. The van der Waals surface area contributed by atoms with Crippen LogP contribution in [0.15, 0.2) is 36.4 Å². The smallest absolute Gasteiger partial charge is 0.493 e. The maximum atomic E-state index is 13.5. The van der Waals surface area contributed by atoms with E-state index in [2.05, 4.69) is 4.18 Å². The Hall–Kier alpha value is -2.82. The molecule has 0 aliphatic carbocycles. The number of carbonyl (C=O) groups excluding carboxylic acids is 1. The van der Waals surface area contributed by atoms with Crippen LogP contribution in [0.2, 0.25) is 0 Å². The second kappa shape index (κ2) is 6.61. The van der Waals surface area contributed by atoms with Crippen molar-refractivity contribution in [3.05, 3.63) is 53.3 Å². The Morgan fingerprint density at radius 3 is 2.48 bits per heavy atom. The molecule has 0 fully saturated rings. The van der Waals surface area contributed by atoms with Crippen LogP contribution in [0.1, 0.15) is 29.4 Å². The molecule has 4 rings (SSSR count). The Labute approximate surface area is 162 Å². The molecule has 0 spiro atoms. The van der Waals surface area contributed by atoms with Gasteiger partial charge in [-0.1, -0.05) is 12.1 Å². The minimum Gasteiger partial charge on any atom is -0.493 e. The summed E-state index contributed by atoms with van der Waals surface area (Å²) >= 11 is 0. The average Bonchev–Trinajstić information content (AvgIpc) is 2.80. The summed E-state index contributed by atoms with van der Waals surface area (Å²) in [6.07, 6.45) is 0.351. The highest BCUT2D eigenvalue weighted by atomic mass is 32.2. The predicted molar refractivity (Wildman–Crippen MR) is 89.7 cm³/mol. The normalized spacial score (nSPS) is 21.0. The molecule has 29 heavy (non-hydrogen) atoms. The zero-order chi connectivity index (χ0) is 21.0. The first-order chi connectivity index (χ1) is 13.6. The molecule has 0 bridgehead atoms. The van der Waals surface area contributed by atoms with E-state index < -0.39 is 45.0 Å². The Morgan fingerprint density at radius 1 is 1.03 bits per heavy atom. The molecule has 0 radical (unpaired) electrons. The molecule has 2 unspecified atom stereocenters. The lowest BCUT2D eigenvalue weighted by Gasteiger charge is -2.30. The fraction of sp³-hybridized carbons (Fsp3) is 0.278. The van der Waals surface area contributed by atoms with E-state index in [1.807, 2.05) is 0 Å². The van der Waals surface area contributed by atoms with Gasteiger partial charge in [-0.15, -0.1) is 0 Å². The standard InChI is InChI=1S/C18H12F4O6S/c19-9-1-3-11-12-5-6-26-14-8-10(28-29(24,25)18(20,21)22)2-4-13(14)16(12)17(23)27-15(11)7-9/h1-4,7-8,12,16H,5-6H2. The van der Waals surface area contributed by atoms with E-state index in [1.165, 1.54) is 18.2 Å². The van der Waals surface area contributed by atoms with Crippen molar-refractivity contribution >= 4 is 16.1 Å². The molecule has 0 amide bonds. The molecule has 0 saturated heterocycles. The highest BCUT2D eigenvalue weighted by molar-refractivity contribution is 7.88. The quantitative estimate of drug-likeness (QED) is 0.237. The summed E-state index contributed by atoms with van der Waals surface area (Å²) in [5.41, 5.74) is -4.67. The molecule has 2 atom stereocenters. The van der Waals surface area contributed by atoms with Crippen molar-refractivity contribution in [2.75, 3.05) is 6.61 Å². The van der Waals surface area contributed by atoms with E-state index in [4.69, 9.17) is 9.47 Å². The lowest BCUT2D eigenvalue weighted by Crippen LogP contribution is -2.30. The van der Waals surface area contributed by atoms with Gasteiger partial charge in [-0.3, -0.25) is 4.79 Å². The fourth-order valence-corrected chi connectivity index (χ4v) is 3.95. The van der Waals surface area contributed by atoms with Gasteiger partial charge in [-0.05, 0) is 24.1 Å². The molecule has 11 heteroatoms. The third-order valence-electron chi connectivity index (χ3n) is 4.74. The number of fused-ring (bicyclic) bond motifs is 5. The summed E-state index contributed by atoms with van der Waals surface area (Å²) in [6, 6.07) is 7.09. The summed E-state index contributed by atoms with van der Waals surface area (Å²) in [7, 11) is -5.85. The molecular weight excluding hydrogens is 420 g/mol. The zero-order valence-corrected chi connectivity index (χ0v) is 15.2. The monoisotopic (exact) mass is 432 g/mol. The molecule has 6 nitrogen and oxygen atoms in total. The van der Waals surface area contributed by atoms with E-state index in [9.17, 15) is 30.8 Å². The number of rotatable bonds is 2. The van der Waals surface area contributed by atoms with Crippen molar-refractivity contribution in [2.24, 2.45) is 0 Å². The van der Waals surface area contributed by atoms with Crippen molar-refractivity contribution < 1.29 is 44.4 Å². The molecule has 154 valence electrons. The van der Waals surface area contributed by atoms with Gasteiger partial charge in [0.25, 0.3) is 0 Å². The van der Waals surface area contributed by atoms with E-state index in [1.54, 1.807) is 0 Å². The van der Waals surface area contributed by atoms with Crippen molar-refractivity contribution in [1.82, 2.24) is 0 Å². The highest BCUT2D eigenvalue weighted by Gasteiger charge is 2.49. The molecule has 0 saturated carbocycles. The van der Waals surface area contributed by atoms with Crippen LogP contribution in [0.5, 0.6) is 17.2 Å². The molecule has 2 aromatic carbocycles. The largest absolute Gasteiger partial charge is 0.534 e. The van der Waals surface area contributed by atoms with Crippen LogP contribution in [0.25, 0.3) is 0 Å². The van der Waals surface area contributed by atoms with Gasteiger partial charge >= 0.3 is 21.6 Å². The summed E-state index contributed by atoms with van der Waals surface area (Å²) < 4.78 is 88.4. The van der Waals surface area contributed by atoms with Crippen molar-refractivity contribution in [3.63, 3.8) is 0 Å². The fourth-order valence-electron chi connectivity index (χ4n) is 3.50. The maximum Gasteiger partial charge on any atom is 0.534 e. The van der Waals surface area contributed by atoms with E-state index >= 15 is 0 Å². The van der Waals surface area contributed by atoms with Crippen molar-refractivity contribution in [1.29, 1.82) is 0 Å². The first-order valence-corrected chi connectivity index (χ1v) is 9.76. The van der Waals surface area contributed by atoms with E-state index in [0.29, 0.717) is 17.5 Å². The maximum absolute atomic E-state index is 13.5. The Bertz CT molecular complexity index is 1100. The van der Waals surface area contributed by atoms with E-state index in [0.717, 1.165) is 18.2 Å². The SMILES string of the molecule is O=C1Oc2cc(F)ccc2C2CCOc3cc(OS(=O)(=O)C(F)(F)F)ccc3C12. The molecule has 2 heterocycles. The lowest BCUT2D eigenvalue weighted by atomic mass is 9.78. The third-order valence-corrected chi connectivity index (χ3v) is 5.72. The third kappa shape index (κ3) is 3.39. The van der Waals surface area contributed by atoms with Crippen LogP contribution in [0, 0.1) is 5.82 Å². The molecule has 2 aromatic rings. The molecule has 0 aromatic heterocycles. The van der Waals surface area contributed by atoms with Crippen LogP contribution in [0.4, 0.5) is 17.6 Å². The van der Waals surface area contributed by atoms with Gasteiger partial charge in [0.05, 0.1) is 12.5 Å². The predicted octanol–water partition coefficient (Wildman–Crippen LogP) is 3.62. The van der Waals surface area contributed by atoms with Gasteiger partial charge in [0.2, 0.25) is 0 Å². The average molecular weight is 432 g/mol. The summed E-state index contributed by atoms with van der Waals surface area (Å²) in [5, 5.41) is 0. The van der Waals surface area contributed by atoms with Crippen LogP contribution in [-0.4, -0.2) is 26.5 Å². The number of ether oxygens (including phenoxy) is 2. The van der Waals surface area contributed by atoms with Crippen LogP contribution >= 0.6 is 0 Å². The first-order valence-electron chi connectivity index (χ1n) is 8.35. The summed E-state index contributed by atoms with van der Waals surface area (Å²) in [4.78, 5) is 12.6. The number of esters is 1. The Morgan fingerprint density at radius 2 is 1.76 bits per heavy atom. The summed E-state index contributed by atoms with van der Waals surface area (Å²) in [5.74, 6) is -2.97.